The lowest BCUT2D eigenvalue weighted by Gasteiger charge is -2.44. The van der Waals surface area contributed by atoms with Gasteiger partial charge < -0.3 is 29.8 Å². The van der Waals surface area contributed by atoms with E-state index in [2.05, 4.69) is 68.5 Å². The number of carbonyl (C=O) groups is 1. The Morgan fingerprint density at radius 1 is 0.828 bits per heavy atom. The van der Waals surface area contributed by atoms with Crippen LogP contribution in [0.25, 0.3) is 33.2 Å². The zero-order chi connectivity index (χ0) is 39.6. The summed E-state index contributed by atoms with van der Waals surface area (Å²) in [6, 6.07) is 40.0. The number of piperidine rings is 1. The molecule has 2 aliphatic rings. The van der Waals surface area contributed by atoms with Crippen LogP contribution in [0.1, 0.15) is 70.9 Å². The van der Waals surface area contributed by atoms with Crippen molar-refractivity contribution >= 4 is 28.0 Å². The summed E-state index contributed by atoms with van der Waals surface area (Å²) in [6.07, 6.45) is 2.35. The van der Waals surface area contributed by atoms with Crippen LogP contribution in [0.4, 0.5) is 0 Å². The van der Waals surface area contributed by atoms with Gasteiger partial charge in [-0.3, -0.25) is 14.3 Å². The molecular formula is C47H46N6O5. The van der Waals surface area contributed by atoms with Gasteiger partial charge in [-0.1, -0.05) is 97.9 Å². The molecule has 2 aromatic heterocycles. The summed E-state index contributed by atoms with van der Waals surface area (Å²) in [5, 5.41) is 12.7. The number of fused-ring (bicyclic) bond motifs is 2. The van der Waals surface area contributed by atoms with E-state index in [1.165, 1.54) is 6.20 Å². The van der Waals surface area contributed by atoms with Crippen LogP contribution in [-0.4, -0.2) is 61.2 Å². The summed E-state index contributed by atoms with van der Waals surface area (Å²) in [7, 11) is 0. The van der Waals surface area contributed by atoms with Crippen LogP contribution in [0, 0.1) is 5.92 Å². The van der Waals surface area contributed by atoms with Crippen molar-refractivity contribution in [2.75, 3.05) is 19.6 Å². The molecule has 58 heavy (non-hydrogen) atoms. The number of aliphatic hydroxyl groups excluding tert-OH is 1. The second-order valence-electron chi connectivity index (χ2n) is 15.4. The molecule has 9 rings (SSSR count). The minimum absolute atomic E-state index is 0.0131. The van der Waals surface area contributed by atoms with Crippen LogP contribution in [0.3, 0.4) is 0 Å². The van der Waals surface area contributed by atoms with E-state index < -0.39 is 6.29 Å². The molecule has 1 amide bonds. The number of H-pyrrole nitrogens is 1. The Labute approximate surface area is 336 Å². The van der Waals surface area contributed by atoms with E-state index >= 15 is 0 Å². The zero-order valence-electron chi connectivity index (χ0n) is 32.3. The van der Waals surface area contributed by atoms with Gasteiger partial charge in [-0.15, -0.1) is 0 Å². The van der Waals surface area contributed by atoms with Crippen molar-refractivity contribution in [3.05, 3.63) is 166 Å². The van der Waals surface area contributed by atoms with Crippen molar-refractivity contribution in [1.29, 1.82) is 0 Å². The number of likely N-dealkylation sites (tertiary alicyclic amines) is 1. The molecule has 0 spiro atoms. The van der Waals surface area contributed by atoms with E-state index in [0.29, 0.717) is 12.1 Å². The Bertz CT molecular complexity index is 2600. The Morgan fingerprint density at radius 2 is 1.57 bits per heavy atom. The molecule has 2 aliphatic heterocycles. The van der Waals surface area contributed by atoms with E-state index in [0.717, 1.165) is 82.4 Å². The first kappa shape index (κ1) is 37.6. The Hall–Kier alpha value is -5.98. The highest BCUT2D eigenvalue weighted by molar-refractivity contribution is 5.93. The molecule has 11 heteroatoms. The topological polar surface area (TPSA) is 135 Å². The number of aromatic amines is 1. The van der Waals surface area contributed by atoms with Gasteiger partial charge in [0.15, 0.2) is 6.29 Å². The lowest BCUT2D eigenvalue weighted by Crippen LogP contribution is -2.47. The summed E-state index contributed by atoms with van der Waals surface area (Å²) in [5.74, 6) is -0.219. The summed E-state index contributed by atoms with van der Waals surface area (Å²) in [6.45, 7) is 5.00. The Kier molecular flexibility index (Phi) is 10.7. The molecule has 5 aromatic carbocycles. The third-order valence-corrected chi connectivity index (χ3v) is 11.7. The van der Waals surface area contributed by atoms with E-state index in [1.54, 1.807) is 0 Å². The summed E-state index contributed by atoms with van der Waals surface area (Å²) >= 11 is 0. The largest absolute Gasteiger partial charge is 0.392 e. The monoisotopic (exact) mass is 774 g/mol. The number of benzene rings is 5. The first-order valence-corrected chi connectivity index (χ1v) is 20.0. The smallest absolute Gasteiger partial charge is 0.326 e. The maximum absolute atomic E-state index is 12.9. The molecule has 0 radical (unpaired) electrons. The van der Waals surface area contributed by atoms with E-state index in [9.17, 15) is 14.7 Å². The van der Waals surface area contributed by atoms with Crippen LogP contribution in [-0.2, 0) is 22.6 Å². The SMILES string of the molecule is CC1C(CN2CCC(n3c(=O)[nH]c4ccccc43)CC2)OC(c2ccc(-c3cccc(CNC(=O)c4cnc5ccccc5n4)c3)cc2)OC1c1ccc(CO)cc1. The standard InChI is InChI=1S/C47H46N6O5/c1-30-43(28-52-23-21-37(22-24-52)53-42-12-5-4-11-40(42)51-47(53)56)57-46(58-44(30)34-15-13-31(29-54)14-16-34)35-19-17-33(18-20-35)36-8-6-7-32(25-36)26-49-45(55)41-27-48-38-9-2-3-10-39(38)50-41/h2-20,25,27,30,37,43-44,46,54H,21-24,26,28-29H2,1H3,(H,49,55)(H,51,56). The van der Waals surface area contributed by atoms with E-state index in [4.69, 9.17) is 9.47 Å². The molecule has 2 fully saturated rings. The van der Waals surface area contributed by atoms with Crippen molar-refractivity contribution in [3.8, 4) is 11.1 Å². The van der Waals surface area contributed by atoms with Crippen LogP contribution in [0.2, 0.25) is 0 Å². The van der Waals surface area contributed by atoms with Gasteiger partial charge in [-0.05, 0) is 71.0 Å². The average Bonchev–Trinajstić information content (AvgIpc) is 3.62. The molecule has 0 aliphatic carbocycles. The molecule has 4 atom stereocenters. The van der Waals surface area contributed by atoms with Gasteiger partial charge in [0.05, 0.1) is 47.1 Å². The van der Waals surface area contributed by atoms with Gasteiger partial charge in [-0.25, -0.2) is 9.78 Å². The fourth-order valence-electron chi connectivity index (χ4n) is 8.41. The van der Waals surface area contributed by atoms with Gasteiger partial charge >= 0.3 is 5.69 Å². The number of aliphatic hydroxyl groups is 1. The van der Waals surface area contributed by atoms with Gasteiger partial charge in [0.1, 0.15) is 5.69 Å². The highest BCUT2D eigenvalue weighted by Crippen LogP contribution is 2.42. The van der Waals surface area contributed by atoms with Crippen molar-refractivity contribution in [2.24, 2.45) is 5.92 Å². The van der Waals surface area contributed by atoms with Crippen molar-refractivity contribution in [2.45, 2.75) is 57.5 Å². The molecule has 0 saturated carbocycles. The molecule has 4 unspecified atom stereocenters. The minimum Gasteiger partial charge on any atom is -0.392 e. The maximum Gasteiger partial charge on any atom is 0.326 e. The lowest BCUT2D eigenvalue weighted by molar-refractivity contribution is -0.276. The summed E-state index contributed by atoms with van der Waals surface area (Å²) in [5.41, 5.74) is 9.35. The number of nitrogens with one attached hydrogen (secondary N) is 2. The van der Waals surface area contributed by atoms with Crippen LogP contribution < -0.4 is 11.0 Å². The van der Waals surface area contributed by atoms with Crippen molar-refractivity contribution in [1.82, 2.24) is 29.7 Å². The Morgan fingerprint density at radius 3 is 2.36 bits per heavy atom. The average molecular weight is 775 g/mol. The predicted octanol–water partition coefficient (Wildman–Crippen LogP) is 7.49. The zero-order valence-corrected chi connectivity index (χ0v) is 32.3. The van der Waals surface area contributed by atoms with Crippen molar-refractivity contribution in [3.63, 3.8) is 0 Å². The first-order valence-electron chi connectivity index (χ1n) is 20.0. The van der Waals surface area contributed by atoms with E-state index in [1.807, 2.05) is 89.5 Å². The third kappa shape index (κ3) is 7.81. The number of imidazole rings is 1. The highest BCUT2D eigenvalue weighted by Gasteiger charge is 2.39. The van der Waals surface area contributed by atoms with Gasteiger partial charge in [0, 0.05) is 43.7 Å². The highest BCUT2D eigenvalue weighted by atomic mass is 16.7. The normalized spacial score (nSPS) is 20.4. The second-order valence-corrected chi connectivity index (χ2v) is 15.4. The van der Waals surface area contributed by atoms with Crippen LogP contribution >= 0.6 is 0 Å². The molecule has 3 N–H and O–H groups in total. The molecule has 11 nitrogen and oxygen atoms in total. The number of hydrogen-bond donors (Lipinski definition) is 3. The fraction of sp³-hybridized carbons (Fsp3) is 0.277. The minimum atomic E-state index is -0.583. The Balaban J connectivity index is 0.887. The van der Waals surface area contributed by atoms with Crippen molar-refractivity contribution < 1.29 is 19.4 Å². The molecule has 7 aromatic rings. The number of para-hydroxylation sites is 4. The second kappa shape index (κ2) is 16.5. The third-order valence-electron chi connectivity index (χ3n) is 11.7. The number of rotatable bonds is 10. The molecule has 2 saturated heterocycles. The summed E-state index contributed by atoms with van der Waals surface area (Å²) < 4.78 is 15.5. The fourth-order valence-corrected chi connectivity index (χ4v) is 8.41. The number of aromatic nitrogens is 4. The van der Waals surface area contributed by atoms with Crippen LogP contribution in [0.5, 0.6) is 0 Å². The number of carbonyl (C=O) groups excluding carboxylic acids is 1. The first-order chi connectivity index (χ1) is 28.4. The van der Waals surface area contributed by atoms with Gasteiger partial charge in [-0.2, -0.15) is 0 Å². The maximum atomic E-state index is 12.9. The molecule has 0 bridgehead atoms. The van der Waals surface area contributed by atoms with Gasteiger partial charge in [0.2, 0.25) is 0 Å². The quantitative estimate of drug-likeness (QED) is 0.130. The van der Waals surface area contributed by atoms with Gasteiger partial charge in [0.25, 0.3) is 5.91 Å². The number of hydrogen-bond acceptors (Lipinski definition) is 8. The predicted molar refractivity (Wildman–Crippen MR) is 223 cm³/mol. The number of nitrogens with zero attached hydrogens (tertiary/aromatic N) is 4. The van der Waals surface area contributed by atoms with E-state index in [-0.39, 0.29) is 48.1 Å². The van der Waals surface area contributed by atoms with Crippen LogP contribution in [0.15, 0.2) is 132 Å². The number of ether oxygens (including phenoxy) is 2. The number of amides is 1. The summed E-state index contributed by atoms with van der Waals surface area (Å²) in [4.78, 5) is 40.2. The molecular weight excluding hydrogens is 729 g/mol. The molecule has 294 valence electrons. The lowest BCUT2D eigenvalue weighted by atomic mass is 9.89. The molecule has 4 heterocycles.